The Labute approximate surface area is 143 Å². The molecule has 1 heterocycles. The van der Waals surface area contributed by atoms with Crippen LogP contribution in [0.25, 0.3) is 11.0 Å². The number of methoxy groups -OCH3 is 1. The van der Waals surface area contributed by atoms with Gasteiger partial charge in [0.15, 0.2) is 17.1 Å². The molecule has 0 spiro atoms. The second kappa shape index (κ2) is 6.45. The minimum Gasteiger partial charge on any atom is -0.504 e. The molecule has 5 nitrogen and oxygen atoms in total. The number of phenols is 1. The highest BCUT2D eigenvalue weighted by Crippen LogP contribution is 2.46. The average molecular weight is 347 g/mol. The minimum atomic E-state index is -0.338. The van der Waals surface area contributed by atoms with Crippen LogP contribution < -0.4 is 9.47 Å². The number of carbonyl (C=O) groups excluding carboxylic acids is 1. The quantitative estimate of drug-likeness (QED) is 0.685. The zero-order valence-electron chi connectivity index (χ0n) is 13.1. The third-order valence-electron chi connectivity index (χ3n) is 3.62. The largest absolute Gasteiger partial charge is 0.504 e. The van der Waals surface area contributed by atoms with E-state index >= 15 is 0 Å². The molecule has 0 amide bonds. The van der Waals surface area contributed by atoms with E-state index in [-0.39, 0.29) is 35.2 Å². The van der Waals surface area contributed by atoms with E-state index in [1.165, 1.54) is 20.3 Å². The Balaban J connectivity index is 2.10. The number of halogens is 1. The fraction of sp³-hybridized carbons (Fsp3) is 0.167. The minimum absolute atomic E-state index is 0.0581. The number of rotatable bonds is 5. The molecule has 0 radical (unpaired) electrons. The van der Waals surface area contributed by atoms with Gasteiger partial charge < -0.3 is 19.0 Å². The molecule has 0 aliphatic rings. The van der Waals surface area contributed by atoms with E-state index in [1.54, 1.807) is 18.2 Å². The molecular weight excluding hydrogens is 332 g/mol. The first-order chi connectivity index (χ1) is 11.5. The van der Waals surface area contributed by atoms with Crippen LogP contribution in [0.1, 0.15) is 22.8 Å². The van der Waals surface area contributed by atoms with Gasteiger partial charge in [-0.1, -0.05) is 23.7 Å². The van der Waals surface area contributed by atoms with E-state index in [0.717, 1.165) is 5.56 Å². The molecule has 2 aromatic carbocycles. The van der Waals surface area contributed by atoms with Crippen molar-refractivity contribution in [2.45, 2.75) is 13.5 Å². The van der Waals surface area contributed by atoms with Gasteiger partial charge in [-0.2, -0.15) is 0 Å². The number of Topliss-reactive ketones (excluding diaryl/α,β-unsaturated/α-hetero) is 1. The number of furan rings is 1. The number of fused-ring (bicyclic) bond motifs is 1. The van der Waals surface area contributed by atoms with E-state index < -0.39 is 0 Å². The van der Waals surface area contributed by atoms with Crippen LogP contribution >= 0.6 is 11.6 Å². The number of hydrogen-bond acceptors (Lipinski definition) is 5. The molecule has 6 heteroatoms. The molecule has 0 aliphatic heterocycles. The molecule has 124 valence electrons. The second-order valence-electron chi connectivity index (χ2n) is 5.22. The van der Waals surface area contributed by atoms with Gasteiger partial charge in [-0.25, -0.2) is 0 Å². The van der Waals surface area contributed by atoms with Crippen LogP contribution in [0.3, 0.4) is 0 Å². The summed E-state index contributed by atoms with van der Waals surface area (Å²) >= 11 is 5.97. The van der Waals surface area contributed by atoms with Gasteiger partial charge >= 0.3 is 0 Å². The van der Waals surface area contributed by atoms with Crippen LogP contribution in [0.4, 0.5) is 0 Å². The van der Waals surface area contributed by atoms with Crippen LogP contribution in [0.2, 0.25) is 5.02 Å². The smallest absolute Gasteiger partial charge is 0.205 e. The zero-order valence-corrected chi connectivity index (χ0v) is 13.9. The van der Waals surface area contributed by atoms with Crippen molar-refractivity contribution in [3.8, 4) is 17.2 Å². The third kappa shape index (κ3) is 2.78. The number of carbonyl (C=O) groups is 1. The van der Waals surface area contributed by atoms with E-state index in [2.05, 4.69) is 0 Å². The van der Waals surface area contributed by atoms with Crippen molar-refractivity contribution in [1.29, 1.82) is 0 Å². The van der Waals surface area contributed by atoms with Crippen LogP contribution in [-0.2, 0) is 6.61 Å². The summed E-state index contributed by atoms with van der Waals surface area (Å²) in [5, 5.41) is 11.5. The molecular formula is C18H15ClO5. The summed E-state index contributed by atoms with van der Waals surface area (Å²) in [5.41, 5.74) is 1.22. The molecule has 0 aliphatic carbocycles. The molecule has 0 bridgehead atoms. The highest BCUT2D eigenvalue weighted by Gasteiger charge is 2.25. The lowest BCUT2D eigenvalue weighted by molar-refractivity contribution is 0.101. The number of aromatic hydroxyl groups is 1. The molecule has 1 N–H and O–H groups in total. The van der Waals surface area contributed by atoms with Gasteiger partial charge in [0.05, 0.1) is 18.8 Å². The van der Waals surface area contributed by atoms with Crippen molar-refractivity contribution in [2.75, 3.05) is 7.11 Å². The Bertz CT molecular complexity index is 913. The Kier molecular flexibility index (Phi) is 4.36. The fourth-order valence-corrected chi connectivity index (χ4v) is 2.79. The van der Waals surface area contributed by atoms with Crippen molar-refractivity contribution in [1.82, 2.24) is 0 Å². The van der Waals surface area contributed by atoms with Crippen molar-refractivity contribution < 1.29 is 23.8 Å². The normalized spacial score (nSPS) is 10.8. The molecule has 0 unspecified atom stereocenters. The first-order valence-electron chi connectivity index (χ1n) is 7.21. The first kappa shape index (κ1) is 16.2. The maximum absolute atomic E-state index is 12.0. The van der Waals surface area contributed by atoms with Gasteiger partial charge in [0.2, 0.25) is 5.75 Å². The average Bonchev–Trinajstić information content (AvgIpc) is 3.01. The molecule has 3 aromatic rings. The lowest BCUT2D eigenvalue weighted by Gasteiger charge is -2.15. The summed E-state index contributed by atoms with van der Waals surface area (Å²) in [6.07, 6.45) is 1.45. The van der Waals surface area contributed by atoms with Crippen molar-refractivity contribution in [2.24, 2.45) is 0 Å². The topological polar surface area (TPSA) is 68.9 Å². The van der Waals surface area contributed by atoms with E-state index in [1.807, 2.05) is 12.1 Å². The Morgan fingerprint density at radius 2 is 2.08 bits per heavy atom. The standard InChI is InChI=1S/C18H15ClO5/c1-10(20)14-15(21)18(22-2)17-13(6-7-23-17)16(14)24-9-11-4-3-5-12(19)8-11/h3-8,21H,9H2,1-2H3. The lowest BCUT2D eigenvalue weighted by Crippen LogP contribution is -2.04. The first-order valence-corrected chi connectivity index (χ1v) is 7.59. The number of ketones is 1. The maximum Gasteiger partial charge on any atom is 0.205 e. The monoisotopic (exact) mass is 346 g/mol. The SMILES string of the molecule is COc1c(O)c(C(C)=O)c(OCc2cccc(Cl)c2)c2ccoc12. The molecule has 1 aromatic heterocycles. The Hall–Kier alpha value is -2.66. The lowest BCUT2D eigenvalue weighted by atomic mass is 10.0. The van der Waals surface area contributed by atoms with E-state index in [4.69, 9.17) is 25.5 Å². The predicted molar refractivity (Wildman–Crippen MR) is 90.2 cm³/mol. The Morgan fingerprint density at radius 3 is 2.75 bits per heavy atom. The summed E-state index contributed by atoms with van der Waals surface area (Å²) in [4.78, 5) is 12.0. The number of phenolic OH excluding ortho intramolecular Hbond substituents is 1. The molecule has 0 atom stereocenters. The van der Waals surface area contributed by atoms with Crippen molar-refractivity contribution in [3.63, 3.8) is 0 Å². The van der Waals surface area contributed by atoms with Gasteiger partial charge in [0.1, 0.15) is 17.9 Å². The summed E-state index contributed by atoms with van der Waals surface area (Å²) in [5.74, 6) is -0.275. The summed E-state index contributed by atoms with van der Waals surface area (Å²) < 4.78 is 16.4. The maximum atomic E-state index is 12.0. The van der Waals surface area contributed by atoms with Crippen molar-refractivity contribution in [3.05, 3.63) is 52.7 Å². The van der Waals surface area contributed by atoms with Gasteiger partial charge in [0.25, 0.3) is 0 Å². The van der Waals surface area contributed by atoms with E-state index in [0.29, 0.717) is 16.0 Å². The molecule has 3 rings (SSSR count). The molecule has 0 fully saturated rings. The third-order valence-corrected chi connectivity index (χ3v) is 3.86. The van der Waals surface area contributed by atoms with Crippen LogP contribution in [0, 0.1) is 0 Å². The van der Waals surface area contributed by atoms with Gasteiger partial charge in [0, 0.05) is 5.02 Å². The summed E-state index contributed by atoms with van der Waals surface area (Å²) in [6, 6.07) is 8.86. The van der Waals surface area contributed by atoms with Gasteiger partial charge in [-0.05, 0) is 30.7 Å². The molecule has 0 saturated carbocycles. The highest BCUT2D eigenvalue weighted by atomic mass is 35.5. The molecule has 0 saturated heterocycles. The summed E-state index contributed by atoms with van der Waals surface area (Å²) in [6.45, 7) is 1.54. The predicted octanol–water partition coefficient (Wildman–Crippen LogP) is 4.58. The van der Waals surface area contributed by atoms with Gasteiger partial charge in [-0.15, -0.1) is 0 Å². The number of benzene rings is 2. The van der Waals surface area contributed by atoms with E-state index in [9.17, 15) is 9.90 Å². The van der Waals surface area contributed by atoms with Gasteiger partial charge in [-0.3, -0.25) is 4.79 Å². The van der Waals surface area contributed by atoms with Crippen molar-refractivity contribution >= 4 is 28.4 Å². The van der Waals surface area contributed by atoms with Crippen LogP contribution in [0.15, 0.2) is 41.0 Å². The Morgan fingerprint density at radius 1 is 1.29 bits per heavy atom. The molecule has 24 heavy (non-hydrogen) atoms. The number of hydrogen-bond donors (Lipinski definition) is 1. The zero-order chi connectivity index (χ0) is 17.3. The summed E-state index contributed by atoms with van der Waals surface area (Å²) in [7, 11) is 1.40. The second-order valence-corrected chi connectivity index (χ2v) is 5.66. The van der Waals surface area contributed by atoms with Crippen LogP contribution in [-0.4, -0.2) is 18.0 Å². The fourth-order valence-electron chi connectivity index (χ4n) is 2.58. The number of ether oxygens (including phenoxy) is 2. The van der Waals surface area contributed by atoms with Crippen LogP contribution in [0.5, 0.6) is 17.2 Å². The highest BCUT2D eigenvalue weighted by molar-refractivity contribution is 6.30.